The molecular formula is C21H24N2O3. The second-order valence-electron chi connectivity index (χ2n) is 6.28. The number of ether oxygens (including phenoxy) is 2. The van der Waals surface area contributed by atoms with E-state index in [0.717, 1.165) is 17.0 Å². The summed E-state index contributed by atoms with van der Waals surface area (Å²) in [5, 5.41) is 3.53. The van der Waals surface area contributed by atoms with Crippen molar-refractivity contribution in [3.8, 4) is 5.75 Å². The number of para-hydroxylation sites is 2. The van der Waals surface area contributed by atoms with Gasteiger partial charge in [-0.3, -0.25) is 4.79 Å². The van der Waals surface area contributed by atoms with Crippen molar-refractivity contribution in [3.63, 3.8) is 0 Å². The summed E-state index contributed by atoms with van der Waals surface area (Å²) in [5.41, 5.74) is 1.60. The highest BCUT2D eigenvalue weighted by Crippen LogP contribution is 2.41. The molecular weight excluding hydrogens is 328 g/mol. The van der Waals surface area contributed by atoms with Gasteiger partial charge >= 0.3 is 0 Å². The van der Waals surface area contributed by atoms with Crippen molar-refractivity contribution in [3.05, 3.63) is 72.3 Å². The van der Waals surface area contributed by atoms with E-state index in [9.17, 15) is 4.79 Å². The number of anilines is 1. The zero-order chi connectivity index (χ0) is 18.6. The van der Waals surface area contributed by atoms with Crippen LogP contribution in [-0.4, -0.2) is 37.7 Å². The lowest BCUT2D eigenvalue weighted by Gasteiger charge is -2.46. The van der Waals surface area contributed by atoms with Crippen molar-refractivity contribution < 1.29 is 14.3 Å². The number of carbonyl (C=O) groups excluding carboxylic acids is 1. The second-order valence-corrected chi connectivity index (χ2v) is 6.28. The van der Waals surface area contributed by atoms with E-state index in [1.807, 2.05) is 55.5 Å². The van der Waals surface area contributed by atoms with Gasteiger partial charge in [-0.2, -0.15) is 0 Å². The summed E-state index contributed by atoms with van der Waals surface area (Å²) in [6, 6.07) is 15.3. The average Bonchev–Trinajstić information content (AvgIpc) is 2.66. The molecule has 0 spiro atoms. The fraction of sp³-hybridized carbons (Fsp3) is 0.286. The minimum Gasteiger partial charge on any atom is -0.491 e. The maximum absolute atomic E-state index is 13.1. The van der Waals surface area contributed by atoms with Crippen molar-refractivity contribution in [2.24, 2.45) is 0 Å². The first-order chi connectivity index (χ1) is 12.6. The van der Waals surface area contributed by atoms with Crippen LogP contribution in [0.15, 0.2) is 61.2 Å². The molecule has 1 heterocycles. The van der Waals surface area contributed by atoms with Crippen LogP contribution in [0.5, 0.6) is 5.75 Å². The van der Waals surface area contributed by atoms with Gasteiger partial charge in [0, 0.05) is 24.9 Å². The summed E-state index contributed by atoms with van der Waals surface area (Å²) >= 11 is 0. The van der Waals surface area contributed by atoms with Gasteiger partial charge in [-0.15, -0.1) is 6.58 Å². The van der Waals surface area contributed by atoms with Gasteiger partial charge in [0.15, 0.2) is 0 Å². The van der Waals surface area contributed by atoms with E-state index in [0.29, 0.717) is 25.3 Å². The van der Waals surface area contributed by atoms with Crippen LogP contribution in [0.4, 0.5) is 5.69 Å². The number of fused-ring (bicyclic) bond motifs is 1. The molecule has 3 rings (SSSR count). The van der Waals surface area contributed by atoms with E-state index in [2.05, 4.69) is 11.9 Å². The first kappa shape index (κ1) is 18.0. The molecule has 2 aromatic carbocycles. The number of nitrogens with zero attached hydrogens (tertiary/aromatic N) is 1. The molecule has 0 saturated carbocycles. The van der Waals surface area contributed by atoms with Crippen LogP contribution < -0.4 is 10.1 Å². The lowest BCUT2D eigenvalue weighted by Crippen LogP contribution is -2.56. The van der Waals surface area contributed by atoms with E-state index in [1.54, 1.807) is 18.1 Å². The van der Waals surface area contributed by atoms with E-state index in [-0.39, 0.29) is 5.91 Å². The lowest BCUT2D eigenvalue weighted by molar-refractivity contribution is 0.0564. The van der Waals surface area contributed by atoms with Gasteiger partial charge < -0.3 is 19.7 Å². The smallest absolute Gasteiger partial charge is 0.258 e. The summed E-state index contributed by atoms with van der Waals surface area (Å²) in [4.78, 5) is 14.9. The molecule has 0 radical (unpaired) electrons. The van der Waals surface area contributed by atoms with E-state index < -0.39 is 5.66 Å². The zero-order valence-electron chi connectivity index (χ0n) is 15.2. The molecule has 1 atom stereocenters. The summed E-state index contributed by atoms with van der Waals surface area (Å²) < 4.78 is 11.0. The Morgan fingerprint density at radius 1 is 1.15 bits per heavy atom. The number of nitrogens with one attached hydrogen (secondary N) is 1. The highest BCUT2D eigenvalue weighted by molar-refractivity contribution is 6.02. The van der Waals surface area contributed by atoms with Gasteiger partial charge in [-0.25, -0.2) is 0 Å². The van der Waals surface area contributed by atoms with Gasteiger partial charge in [0.05, 0.1) is 12.2 Å². The molecule has 0 saturated heterocycles. The van der Waals surface area contributed by atoms with Gasteiger partial charge in [0.1, 0.15) is 18.0 Å². The van der Waals surface area contributed by atoms with Gasteiger partial charge in [-0.05, 0) is 25.1 Å². The first-order valence-corrected chi connectivity index (χ1v) is 8.63. The first-order valence-electron chi connectivity index (χ1n) is 8.63. The number of rotatable bonds is 7. The predicted molar refractivity (Wildman–Crippen MR) is 102 cm³/mol. The maximum Gasteiger partial charge on any atom is 0.258 e. The third kappa shape index (κ3) is 3.18. The summed E-state index contributed by atoms with van der Waals surface area (Å²) in [6.07, 6.45) is 1.74. The molecule has 0 aromatic heterocycles. The Bertz CT molecular complexity index is 805. The Morgan fingerprint density at radius 2 is 1.88 bits per heavy atom. The van der Waals surface area contributed by atoms with Crippen molar-refractivity contribution in [2.45, 2.75) is 12.6 Å². The van der Waals surface area contributed by atoms with Crippen LogP contribution in [0.2, 0.25) is 0 Å². The fourth-order valence-electron chi connectivity index (χ4n) is 3.29. The largest absolute Gasteiger partial charge is 0.491 e. The number of hydrogen-bond donors (Lipinski definition) is 1. The van der Waals surface area contributed by atoms with Crippen molar-refractivity contribution in [1.29, 1.82) is 0 Å². The minimum absolute atomic E-state index is 0.0338. The molecule has 5 nitrogen and oxygen atoms in total. The Morgan fingerprint density at radius 3 is 2.65 bits per heavy atom. The van der Waals surface area contributed by atoms with Gasteiger partial charge in [-0.1, -0.05) is 36.4 Å². The maximum atomic E-state index is 13.1. The fourth-order valence-corrected chi connectivity index (χ4v) is 3.29. The van der Waals surface area contributed by atoms with Gasteiger partial charge in [0.25, 0.3) is 5.91 Å². The normalized spacial score (nSPS) is 18.8. The van der Waals surface area contributed by atoms with Gasteiger partial charge in [0.2, 0.25) is 0 Å². The highest BCUT2D eigenvalue weighted by Gasteiger charge is 2.43. The quantitative estimate of drug-likeness (QED) is 0.611. The molecule has 0 aliphatic carbocycles. The predicted octanol–water partition coefficient (Wildman–Crippen LogP) is 3.64. The van der Waals surface area contributed by atoms with Crippen LogP contribution in [0.1, 0.15) is 22.8 Å². The monoisotopic (exact) mass is 352 g/mol. The topological polar surface area (TPSA) is 50.8 Å². The molecule has 1 aliphatic heterocycles. The third-order valence-corrected chi connectivity index (χ3v) is 4.59. The Hall–Kier alpha value is -2.79. The van der Waals surface area contributed by atoms with E-state index >= 15 is 0 Å². The van der Waals surface area contributed by atoms with Crippen LogP contribution >= 0.6 is 0 Å². The van der Waals surface area contributed by atoms with Crippen molar-refractivity contribution >= 4 is 11.6 Å². The Labute approximate surface area is 154 Å². The number of carbonyl (C=O) groups is 1. The van der Waals surface area contributed by atoms with Crippen molar-refractivity contribution in [1.82, 2.24) is 4.90 Å². The standard InChI is InChI=1S/C21H24N2O3/c1-4-13-23-20(24)16-9-5-7-11-18(16)22-21(23,2)17-10-6-8-12-19(17)26-15-14-25-3/h4-12,22H,1,13-15H2,2-3H3. The number of methoxy groups -OCH3 is 1. The lowest BCUT2D eigenvalue weighted by atomic mass is 9.92. The Balaban J connectivity index is 2.07. The van der Waals surface area contributed by atoms with Crippen LogP contribution in [-0.2, 0) is 10.4 Å². The molecule has 26 heavy (non-hydrogen) atoms. The molecule has 1 unspecified atom stereocenters. The summed E-state index contributed by atoms with van der Waals surface area (Å²) in [6.45, 7) is 7.16. The van der Waals surface area contributed by atoms with Crippen LogP contribution in [0, 0.1) is 0 Å². The minimum atomic E-state index is -0.761. The van der Waals surface area contributed by atoms with Crippen molar-refractivity contribution in [2.75, 3.05) is 32.2 Å². The summed E-state index contributed by atoms with van der Waals surface area (Å²) in [5.74, 6) is 0.689. The average molecular weight is 352 g/mol. The molecule has 2 aromatic rings. The molecule has 0 bridgehead atoms. The third-order valence-electron chi connectivity index (χ3n) is 4.59. The van der Waals surface area contributed by atoms with E-state index in [1.165, 1.54) is 0 Å². The molecule has 1 N–H and O–H groups in total. The molecule has 136 valence electrons. The molecule has 5 heteroatoms. The second kappa shape index (κ2) is 7.62. The Kier molecular flexibility index (Phi) is 5.28. The molecule has 1 amide bonds. The van der Waals surface area contributed by atoms with Crippen LogP contribution in [0.25, 0.3) is 0 Å². The summed E-state index contributed by atoms with van der Waals surface area (Å²) in [7, 11) is 1.64. The number of amides is 1. The zero-order valence-corrected chi connectivity index (χ0v) is 15.2. The number of hydrogen-bond acceptors (Lipinski definition) is 4. The van der Waals surface area contributed by atoms with E-state index in [4.69, 9.17) is 9.47 Å². The SMILES string of the molecule is C=CCN1C(=O)c2ccccc2NC1(C)c1ccccc1OCCOC. The number of benzene rings is 2. The highest BCUT2D eigenvalue weighted by atomic mass is 16.5. The molecule has 0 fully saturated rings. The van der Waals surface area contributed by atoms with Crippen LogP contribution in [0.3, 0.4) is 0 Å². The molecule has 1 aliphatic rings.